The number of aryl methyl sites for hydroxylation is 1. The lowest BCUT2D eigenvalue weighted by molar-refractivity contribution is 0.590. The number of anilines is 6. The third-order valence-corrected chi connectivity index (χ3v) is 17.8. The maximum absolute atomic E-state index is 2.62. The van der Waals surface area contributed by atoms with Crippen molar-refractivity contribution >= 4 is 67.3 Å². The molecule has 0 fully saturated rings. The molecule has 2 heterocycles. The first kappa shape index (κ1) is 42.6. The Labute approximate surface area is 400 Å². The number of rotatable bonds is 7. The molecule has 0 aliphatic carbocycles. The summed E-state index contributed by atoms with van der Waals surface area (Å²) < 4.78 is 0. The summed E-state index contributed by atoms with van der Waals surface area (Å²) in [5.74, 6) is 0. The largest absolute Gasteiger partial charge is 0.311 e. The molecule has 0 unspecified atom stereocenters. The van der Waals surface area contributed by atoms with Gasteiger partial charge in [-0.05, 0) is 141 Å². The molecule has 0 aromatic heterocycles. The predicted molar refractivity (Wildman–Crippen MR) is 288 cm³/mol. The van der Waals surface area contributed by atoms with Gasteiger partial charge in [0.2, 0.25) is 0 Å². The van der Waals surface area contributed by atoms with E-state index in [0.29, 0.717) is 0 Å². The van der Waals surface area contributed by atoms with Crippen LogP contribution in [0.25, 0.3) is 11.1 Å². The van der Waals surface area contributed by atoms with Crippen LogP contribution in [-0.4, -0.2) is 6.71 Å². The summed E-state index contributed by atoms with van der Waals surface area (Å²) in [6.45, 7) is 16.1. The highest BCUT2D eigenvalue weighted by atomic mass is 32.3. The smallest absolute Gasteiger partial charge is 0.252 e. The van der Waals surface area contributed by atoms with Gasteiger partial charge in [-0.3, -0.25) is 0 Å². The van der Waals surface area contributed by atoms with Crippen molar-refractivity contribution in [3.8, 4) is 11.1 Å². The Morgan fingerprint density at radius 2 is 0.836 bits per heavy atom. The zero-order valence-corrected chi connectivity index (χ0v) is 40.5. The van der Waals surface area contributed by atoms with Crippen LogP contribution in [0.15, 0.2) is 238 Å². The molecule has 0 bridgehead atoms. The maximum atomic E-state index is 2.62. The molecule has 2 nitrogen and oxygen atoms in total. The third-order valence-electron chi connectivity index (χ3n) is 13.9. The summed E-state index contributed by atoms with van der Waals surface area (Å²) >= 11 is 0. The van der Waals surface area contributed by atoms with Crippen LogP contribution in [0.1, 0.15) is 58.2 Å². The molecule has 0 atom stereocenters. The summed E-state index contributed by atoms with van der Waals surface area (Å²) in [5, 5.41) is 0. The van der Waals surface area contributed by atoms with Gasteiger partial charge in [-0.1, -0.05) is 175 Å². The zero-order valence-electron chi connectivity index (χ0n) is 39.7. The molecule has 0 N–H and O–H groups in total. The van der Waals surface area contributed by atoms with Crippen molar-refractivity contribution in [1.29, 1.82) is 0 Å². The minimum Gasteiger partial charge on any atom is -0.311 e. The summed E-state index contributed by atoms with van der Waals surface area (Å²) in [4.78, 5) is 10.4. The quantitative estimate of drug-likeness (QED) is 0.147. The normalized spacial score (nSPS) is 13.4. The predicted octanol–water partition coefficient (Wildman–Crippen LogP) is 15.7. The van der Waals surface area contributed by atoms with Crippen LogP contribution in [0.2, 0.25) is 0 Å². The molecule has 328 valence electrons. The van der Waals surface area contributed by atoms with E-state index in [2.05, 4.69) is 277 Å². The molecular weight excluding hydrogens is 828 g/mol. The van der Waals surface area contributed by atoms with Gasteiger partial charge in [0.1, 0.15) is 0 Å². The Balaban J connectivity index is 1.27. The molecule has 2 aliphatic rings. The molecular formula is C63H57BN2S. The van der Waals surface area contributed by atoms with Gasteiger partial charge < -0.3 is 9.80 Å². The van der Waals surface area contributed by atoms with Crippen molar-refractivity contribution in [2.75, 3.05) is 9.80 Å². The van der Waals surface area contributed by atoms with Crippen LogP contribution in [-0.2, 0) is 10.8 Å². The first-order valence-corrected chi connectivity index (χ1v) is 25.3. The second-order valence-corrected chi connectivity index (χ2v) is 23.4. The molecule has 0 radical (unpaired) electrons. The van der Waals surface area contributed by atoms with Gasteiger partial charge in [-0.15, -0.1) is 10.0 Å². The van der Waals surface area contributed by atoms with Gasteiger partial charge in [0.05, 0.1) is 5.69 Å². The number of fused-ring (bicyclic) bond motifs is 4. The fourth-order valence-electron chi connectivity index (χ4n) is 10.6. The maximum Gasteiger partial charge on any atom is 0.252 e. The van der Waals surface area contributed by atoms with Crippen molar-refractivity contribution in [3.05, 3.63) is 235 Å². The first-order chi connectivity index (χ1) is 32.4. The van der Waals surface area contributed by atoms with Crippen LogP contribution in [0, 0.1) is 6.92 Å². The Hall–Kier alpha value is -7.01. The number of para-hydroxylation sites is 1. The zero-order chi connectivity index (χ0) is 46.1. The lowest BCUT2D eigenvalue weighted by atomic mass is 9.33. The minimum atomic E-state index is -1.99. The van der Waals surface area contributed by atoms with E-state index in [1.807, 2.05) is 0 Å². The Morgan fingerprint density at radius 1 is 0.373 bits per heavy atom. The van der Waals surface area contributed by atoms with E-state index in [1.165, 1.54) is 92.2 Å². The minimum absolute atomic E-state index is 0.0397. The summed E-state index contributed by atoms with van der Waals surface area (Å²) in [6, 6.07) is 82.8. The molecule has 67 heavy (non-hydrogen) atoms. The van der Waals surface area contributed by atoms with Crippen molar-refractivity contribution in [2.24, 2.45) is 0 Å². The molecule has 11 rings (SSSR count). The monoisotopic (exact) mass is 884 g/mol. The highest BCUT2D eigenvalue weighted by molar-refractivity contribution is 8.34. The van der Waals surface area contributed by atoms with E-state index in [4.69, 9.17) is 0 Å². The van der Waals surface area contributed by atoms with Gasteiger partial charge in [0, 0.05) is 53.6 Å². The van der Waals surface area contributed by atoms with E-state index in [-0.39, 0.29) is 17.5 Å². The second kappa shape index (κ2) is 16.4. The van der Waals surface area contributed by atoms with Crippen molar-refractivity contribution in [2.45, 2.75) is 78.9 Å². The van der Waals surface area contributed by atoms with Crippen molar-refractivity contribution in [1.82, 2.24) is 0 Å². The number of benzene rings is 9. The van der Waals surface area contributed by atoms with E-state index in [9.17, 15) is 0 Å². The summed E-state index contributed by atoms with van der Waals surface area (Å²) in [7, 11) is -1.99. The average molecular weight is 885 g/mol. The Bertz CT molecular complexity index is 3170. The Morgan fingerprint density at radius 3 is 1.40 bits per heavy atom. The third kappa shape index (κ3) is 7.13. The summed E-state index contributed by atoms with van der Waals surface area (Å²) in [6.07, 6.45) is 0. The lowest BCUT2D eigenvalue weighted by Crippen LogP contribution is -2.61. The van der Waals surface area contributed by atoms with E-state index >= 15 is 0 Å². The van der Waals surface area contributed by atoms with E-state index in [0.717, 1.165) is 5.69 Å². The lowest BCUT2D eigenvalue weighted by Gasteiger charge is -2.46. The van der Waals surface area contributed by atoms with Crippen LogP contribution >= 0.6 is 10.0 Å². The second-order valence-electron chi connectivity index (χ2n) is 20.3. The van der Waals surface area contributed by atoms with Gasteiger partial charge >= 0.3 is 0 Å². The van der Waals surface area contributed by atoms with Crippen molar-refractivity contribution in [3.63, 3.8) is 0 Å². The first-order valence-electron chi connectivity index (χ1n) is 23.7. The summed E-state index contributed by atoms with van der Waals surface area (Å²) in [5.41, 5.74) is 17.5. The van der Waals surface area contributed by atoms with Crippen LogP contribution in [0.4, 0.5) is 34.1 Å². The van der Waals surface area contributed by atoms with Crippen LogP contribution in [0.5, 0.6) is 0 Å². The number of hydrogen-bond acceptors (Lipinski definition) is 2. The van der Waals surface area contributed by atoms with Gasteiger partial charge in [0.25, 0.3) is 6.71 Å². The van der Waals surface area contributed by atoms with Gasteiger partial charge in [0.15, 0.2) is 0 Å². The number of nitrogens with zero attached hydrogens (tertiary/aromatic N) is 2. The van der Waals surface area contributed by atoms with Gasteiger partial charge in [-0.25, -0.2) is 0 Å². The molecule has 9 aromatic carbocycles. The standard InChI is InChI=1S/C63H57BN2S/c1-44-40-59-61-60(41-44)66(56-31-21-20-30-53(56)45-22-12-8-13-23-45)58-39-37-52(67(49-24-14-9-15-25-49,50-26-16-10-17-27-50)51-28-18-11-19-29-51)43-55(58)64(61)54-42-47(63(5,6)7)34-38-57(54)65(59)48-35-32-46(33-36-48)62(2,3)4/h8-43H,1-7H3. The molecule has 0 saturated heterocycles. The fraction of sp³-hybridized carbons (Fsp3) is 0.143. The highest BCUT2D eigenvalue weighted by Crippen LogP contribution is 2.73. The highest BCUT2D eigenvalue weighted by Gasteiger charge is 2.45. The topological polar surface area (TPSA) is 6.48 Å². The Kier molecular flexibility index (Phi) is 10.4. The molecule has 0 spiro atoms. The SMILES string of the molecule is Cc1cc2c3c(c1)N(c1ccccc1-c1ccccc1)c1ccc(S(c4ccccc4)(c4ccccc4)c4ccccc4)cc1B3c1cc(C(C)(C)C)ccc1N2c1ccc(C(C)(C)C)cc1. The molecule has 0 saturated carbocycles. The fourth-order valence-corrected chi connectivity index (χ4v) is 14.6. The van der Waals surface area contributed by atoms with Crippen LogP contribution in [0.3, 0.4) is 0 Å². The molecule has 0 amide bonds. The van der Waals surface area contributed by atoms with E-state index in [1.54, 1.807) is 0 Å². The molecule has 9 aromatic rings. The molecule has 4 heteroatoms. The average Bonchev–Trinajstić information content (AvgIpc) is 3.35. The van der Waals surface area contributed by atoms with Crippen LogP contribution < -0.4 is 26.2 Å². The molecule has 2 aliphatic heterocycles. The van der Waals surface area contributed by atoms with E-state index < -0.39 is 10.0 Å². The van der Waals surface area contributed by atoms with Crippen molar-refractivity contribution < 1.29 is 0 Å². The number of hydrogen-bond donors (Lipinski definition) is 0. The van der Waals surface area contributed by atoms with Gasteiger partial charge in [-0.2, -0.15) is 0 Å².